The molecule has 0 saturated heterocycles. The molecule has 0 bridgehead atoms. The van der Waals surface area contributed by atoms with Crippen LogP contribution in [0.2, 0.25) is 0 Å². The van der Waals surface area contributed by atoms with Gasteiger partial charge in [-0.1, -0.05) is 31.2 Å². The molecule has 2 aromatic heterocycles. The molecule has 2 heterocycles. The van der Waals surface area contributed by atoms with Gasteiger partial charge in [-0.05, 0) is 41.7 Å². The van der Waals surface area contributed by atoms with Crippen LogP contribution in [0.4, 0.5) is 0 Å². The first-order valence-electron chi connectivity index (χ1n) is 9.27. The van der Waals surface area contributed by atoms with Gasteiger partial charge < -0.3 is 14.3 Å². The molecule has 138 valence electrons. The van der Waals surface area contributed by atoms with Crippen molar-refractivity contribution < 1.29 is 9.21 Å². The van der Waals surface area contributed by atoms with Gasteiger partial charge in [-0.15, -0.1) is 0 Å². The Labute approximate surface area is 158 Å². The number of carbonyl (C=O) groups excluding carboxylic acids is 1. The molecule has 1 fully saturated rings. The third-order valence-electron chi connectivity index (χ3n) is 5.01. The average molecular weight is 361 g/mol. The number of hydrogen-bond donors (Lipinski definition) is 1. The monoisotopic (exact) mass is 361 g/mol. The summed E-state index contributed by atoms with van der Waals surface area (Å²) in [5, 5.41) is 2.95. The maximum absolute atomic E-state index is 12.2. The molecule has 1 N–H and O–H groups in total. The fourth-order valence-electron chi connectivity index (χ4n) is 3.24. The molecule has 0 radical (unpaired) electrons. The number of hydrogen-bond acceptors (Lipinski definition) is 3. The van der Waals surface area contributed by atoms with E-state index in [4.69, 9.17) is 4.42 Å². The van der Waals surface area contributed by atoms with Gasteiger partial charge in [-0.2, -0.15) is 0 Å². The molecule has 3 aromatic rings. The van der Waals surface area contributed by atoms with E-state index in [1.807, 2.05) is 41.1 Å². The second-order valence-corrected chi connectivity index (χ2v) is 7.11. The standard InChI is InChI=1S/C22H23N3O2/c1-16-12-20(16)21-8-6-19(27-21)7-9-22(26)24-13-17-4-2-3-5-18(17)14-25-11-10-23-15-25/h2-11,15-16,20H,12-14H2,1H3,(H,24,26). The van der Waals surface area contributed by atoms with Gasteiger partial charge >= 0.3 is 0 Å². The van der Waals surface area contributed by atoms with Crippen molar-refractivity contribution in [1.29, 1.82) is 0 Å². The van der Waals surface area contributed by atoms with E-state index in [0.29, 0.717) is 18.4 Å². The lowest BCUT2D eigenvalue weighted by Gasteiger charge is -2.10. The topological polar surface area (TPSA) is 60.1 Å². The molecule has 2 atom stereocenters. The van der Waals surface area contributed by atoms with E-state index in [-0.39, 0.29) is 5.91 Å². The Kier molecular flexibility index (Phi) is 4.92. The minimum absolute atomic E-state index is 0.134. The second kappa shape index (κ2) is 7.66. The van der Waals surface area contributed by atoms with Crippen LogP contribution in [0, 0.1) is 5.92 Å². The summed E-state index contributed by atoms with van der Waals surface area (Å²) >= 11 is 0. The Morgan fingerprint density at radius 2 is 2.11 bits per heavy atom. The highest BCUT2D eigenvalue weighted by Crippen LogP contribution is 2.47. The van der Waals surface area contributed by atoms with Gasteiger partial charge in [0.2, 0.25) is 5.91 Å². The molecule has 1 amide bonds. The summed E-state index contributed by atoms with van der Waals surface area (Å²) in [5.41, 5.74) is 2.25. The van der Waals surface area contributed by atoms with E-state index >= 15 is 0 Å². The Bertz CT molecular complexity index is 940. The number of aromatic nitrogens is 2. The highest BCUT2D eigenvalue weighted by molar-refractivity contribution is 5.91. The zero-order valence-corrected chi connectivity index (χ0v) is 15.3. The number of nitrogens with one attached hydrogen (secondary N) is 1. The van der Waals surface area contributed by atoms with Crippen LogP contribution in [0.1, 0.15) is 41.9 Å². The summed E-state index contributed by atoms with van der Waals surface area (Å²) in [6.07, 6.45) is 9.92. The molecule has 2 unspecified atom stereocenters. The number of imidazole rings is 1. The summed E-state index contributed by atoms with van der Waals surface area (Å²) in [6.45, 7) is 3.44. The molecular weight excluding hydrogens is 338 g/mol. The molecule has 1 aliphatic rings. The number of furan rings is 1. The van der Waals surface area contributed by atoms with Gasteiger partial charge in [0.05, 0.1) is 6.33 Å². The second-order valence-electron chi connectivity index (χ2n) is 7.11. The van der Waals surface area contributed by atoms with Gasteiger partial charge in [-0.3, -0.25) is 4.79 Å². The predicted molar refractivity (Wildman–Crippen MR) is 104 cm³/mol. The van der Waals surface area contributed by atoms with Crippen LogP contribution in [0.25, 0.3) is 6.08 Å². The molecule has 27 heavy (non-hydrogen) atoms. The van der Waals surface area contributed by atoms with Crippen molar-refractivity contribution in [1.82, 2.24) is 14.9 Å². The number of amides is 1. The van der Waals surface area contributed by atoms with Gasteiger partial charge in [0.15, 0.2) is 0 Å². The number of benzene rings is 1. The summed E-state index contributed by atoms with van der Waals surface area (Å²) in [5.74, 6) is 2.87. The average Bonchev–Trinajstić information content (AvgIpc) is 3.07. The zero-order chi connectivity index (χ0) is 18.6. The molecule has 5 heteroatoms. The lowest BCUT2D eigenvalue weighted by molar-refractivity contribution is -0.116. The third kappa shape index (κ3) is 4.37. The molecule has 0 aliphatic heterocycles. The van der Waals surface area contributed by atoms with Gasteiger partial charge in [-0.25, -0.2) is 4.98 Å². The quantitative estimate of drug-likeness (QED) is 0.648. The summed E-state index contributed by atoms with van der Waals surface area (Å²) in [6, 6.07) is 12.0. The van der Waals surface area contributed by atoms with Crippen LogP contribution >= 0.6 is 0 Å². The van der Waals surface area contributed by atoms with Crippen LogP contribution in [0.3, 0.4) is 0 Å². The van der Waals surface area contributed by atoms with E-state index in [1.165, 1.54) is 12.5 Å². The van der Waals surface area contributed by atoms with Crippen LogP contribution in [0.5, 0.6) is 0 Å². The highest BCUT2D eigenvalue weighted by atomic mass is 16.3. The Morgan fingerprint density at radius 3 is 2.85 bits per heavy atom. The largest absolute Gasteiger partial charge is 0.461 e. The van der Waals surface area contributed by atoms with Crippen LogP contribution < -0.4 is 5.32 Å². The normalized spacial score (nSPS) is 18.7. The minimum atomic E-state index is -0.134. The molecule has 4 rings (SSSR count). The van der Waals surface area contributed by atoms with Gasteiger partial charge in [0.1, 0.15) is 11.5 Å². The van der Waals surface area contributed by atoms with Crippen molar-refractivity contribution >= 4 is 12.0 Å². The first-order valence-corrected chi connectivity index (χ1v) is 9.27. The highest BCUT2D eigenvalue weighted by Gasteiger charge is 2.36. The molecule has 0 spiro atoms. The van der Waals surface area contributed by atoms with E-state index in [9.17, 15) is 4.79 Å². The van der Waals surface area contributed by atoms with Crippen LogP contribution in [-0.4, -0.2) is 15.5 Å². The maximum Gasteiger partial charge on any atom is 0.244 e. The number of nitrogens with zero attached hydrogens (tertiary/aromatic N) is 2. The molecule has 5 nitrogen and oxygen atoms in total. The van der Waals surface area contributed by atoms with Crippen molar-refractivity contribution in [2.24, 2.45) is 5.92 Å². The summed E-state index contributed by atoms with van der Waals surface area (Å²) in [4.78, 5) is 16.2. The number of rotatable bonds is 7. The van der Waals surface area contributed by atoms with E-state index < -0.39 is 0 Å². The lowest BCUT2D eigenvalue weighted by atomic mass is 10.1. The fourth-order valence-corrected chi connectivity index (χ4v) is 3.24. The third-order valence-corrected chi connectivity index (χ3v) is 5.01. The van der Waals surface area contributed by atoms with Crippen molar-refractivity contribution in [3.63, 3.8) is 0 Å². The van der Waals surface area contributed by atoms with Gasteiger partial charge in [0.25, 0.3) is 0 Å². The van der Waals surface area contributed by atoms with Crippen LogP contribution in [-0.2, 0) is 17.9 Å². The van der Waals surface area contributed by atoms with E-state index in [2.05, 4.69) is 23.3 Å². The predicted octanol–water partition coefficient (Wildman–Crippen LogP) is 3.98. The number of carbonyl (C=O) groups is 1. The first-order chi connectivity index (χ1) is 13.2. The smallest absolute Gasteiger partial charge is 0.244 e. The minimum Gasteiger partial charge on any atom is -0.461 e. The van der Waals surface area contributed by atoms with Gasteiger partial charge in [0, 0.05) is 37.5 Å². The Morgan fingerprint density at radius 1 is 1.30 bits per heavy atom. The fraction of sp³-hybridized carbons (Fsp3) is 0.273. The summed E-state index contributed by atoms with van der Waals surface area (Å²) in [7, 11) is 0. The molecule has 1 aromatic carbocycles. The van der Waals surface area contributed by atoms with Crippen molar-refractivity contribution in [3.05, 3.63) is 83.8 Å². The van der Waals surface area contributed by atoms with E-state index in [1.54, 1.807) is 18.6 Å². The van der Waals surface area contributed by atoms with E-state index in [0.717, 1.165) is 29.2 Å². The zero-order valence-electron chi connectivity index (χ0n) is 15.3. The van der Waals surface area contributed by atoms with Crippen molar-refractivity contribution in [3.8, 4) is 0 Å². The van der Waals surface area contributed by atoms with Crippen molar-refractivity contribution in [2.75, 3.05) is 0 Å². The first kappa shape index (κ1) is 17.3. The Hall–Kier alpha value is -3.08. The molecule has 1 aliphatic carbocycles. The van der Waals surface area contributed by atoms with Crippen molar-refractivity contribution in [2.45, 2.75) is 32.4 Å². The summed E-state index contributed by atoms with van der Waals surface area (Å²) < 4.78 is 7.80. The van der Waals surface area contributed by atoms with Crippen LogP contribution in [0.15, 0.2) is 65.6 Å². The SMILES string of the molecule is CC1CC1c1ccc(C=CC(=O)NCc2ccccc2Cn2ccnc2)o1. The molecule has 1 saturated carbocycles. The molecular formula is C22H23N3O2. The maximum atomic E-state index is 12.2. The lowest BCUT2D eigenvalue weighted by Crippen LogP contribution is -2.21. The Balaban J connectivity index is 1.33.